The molecule has 0 spiro atoms. The van der Waals surface area contributed by atoms with Crippen LogP contribution in [0.3, 0.4) is 0 Å². The van der Waals surface area contributed by atoms with Gasteiger partial charge in [-0.15, -0.1) is 0 Å². The Hall–Kier alpha value is -3.17. The van der Waals surface area contributed by atoms with E-state index in [1.165, 1.54) is 18.2 Å². The normalized spacial score (nSPS) is 19.1. The number of amides is 1. The standard InChI is InChI=1S/C29H32N4O3S2/c1-4-21-9-5-6-15-31(21)26-23(27(34)32-16-7-8-19(2)25(32)30-26)18-24-28(35)33(29(37)38-24)17-14-20-10-12-22(36-3)13-11-20/h7-8,10-13,16,18,21H,4-6,9,14-15,17H2,1-3H3. The Morgan fingerprint density at radius 3 is 2.71 bits per heavy atom. The van der Waals surface area contributed by atoms with Gasteiger partial charge in [-0.2, -0.15) is 0 Å². The van der Waals surface area contributed by atoms with Crippen LogP contribution in [-0.4, -0.2) is 50.8 Å². The van der Waals surface area contributed by atoms with Crippen molar-refractivity contribution in [3.8, 4) is 5.75 Å². The Morgan fingerprint density at radius 2 is 1.97 bits per heavy atom. The van der Waals surface area contributed by atoms with Crippen LogP contribution in [0.1, 0.15) is 49.3 Å². The second-order valence-corrected chi connectivity index (χ2v) is 11.4. The highest BCUT2D eigenvalue weighted by Gasteiger charge is 2.33. The number of aryl methyl sites for hydroxylation is 1. The summed E-state index contributed by atoms with van der Waals surface area (Å²) in [5.74, 6) is 1.29. The molecule has 2 aliphatic rings. The first kappa shape index (κ1) is 26.4. The first-order chi connectivity index (χ1) is 18.4. The van der Waals surface area contributed by atoms with Gasteiger partial charge in [0.05, 0.1) is 17.6 Å². The topological polar surface area (TPSA) is 67.2 Å². The predicted molar refractivity (Wildman–Crippen MR) is 158 cm³/mol. The minimum atomic E-state index is -0.169. The van der Waals surface area contributed by atoms with Crippen LogP contribution in [0, 0.1) is 6.92 Å². The van der Waals surface area contributed by atoms with Crippen LogP contribution < -0.4 is 15.2 Å². The van der Waals surface area contributed by atoms with Crippen molar-refractivity contribution in [3.63, 3.8) is 0 Å². The molecule has 0 radical (unpaired) electrons. The van der Waals surface area contributed by atoms with Gasteiger partial charge in [0, 0.05) is 25.3 Å². The molecule has 0 bridgehead atoms. The second kappa shape index (κ2) is 11.3. The fraction of sp³-hybridized carbons (Fsp3) is 0.379. The van der Waals surface area contributed by atoms with Crippen LogP contribution in [0.4, 0.5) is 5.82 Å². The maximum atomic E-state index is 13.8. The molecule has 3 aromatic rings. The number of benzene rings is 1. The molecule has 2 fully saturated rings. The van der Waals surface area contributed by atoms with Crippen molar-refractivity contribution >= 4 is 51.7 Å². The number of thiocarbonyl (C=S) groups is 1. The molecule has 2 aromatic heterocycles. The molecule has 0 aliphatic carbocycles. The zero-order chi connectivity index (χ0) is 26.8. The molecule has 1 atom stereocenters. The third kappa shape index (κ3) is 5.09. The lowest BCUT2D eigenvalue weighted by atomic mass is 9.99. The third-order valence-electron chi connectivity index (χ3n) is 7.37. The summed E-state index contributed by atoms with van der Waals surface area (Å²) in [6, 6.07) is 11.9. The first-order valence-corrected chi connectivity index (χ1v) is 14.3. The minimum absolute atomic E-state index is 0.168. The quantitative estimate of drug-likeness (QED) is 0.296. The van der Waals surface area contributed by atoms with E-state index >= 15 is 0 Å². The Bertz CT molecular complexity index is 1470. The van der Waals surface area contributed by atoms with E-state index in [4.69, 9.17) is 21.9 Å². The summed E-state index contributed by atoms with van der Waals surface area (Å²) in [5.41, 5.74) is 2.96. The second-order valence-electron chi connectivity index (χ2n) is 9.72. The Balaban J connectivity index is 1.50. The molecule has 7 nitrogen and oxygen atoms in total. The van der Waals surface area contributed by atoms with Crippen molar-refractivity contribution < 1.29 is 9.53 Å². The van der Waals surface area contributed by atoms with E-state index < -0.39 is 0 Å². The van der Waals surface area contributed by atoms with Crippen molar-refractivity contribution in [2.45, 2.75) is 52.0 Å². The number of thioether (sulfide) groups is 1. The number of piperidine rings is 1. The van der Waals surface area contributed by atoms with Gasteiger partial charge in [-0.1, -0.05) is 49.1 Å². The lowest BCUT2D eigenvalue weighted by molar-refractivity contribution is -0.122. The highest BCUT2D eigenvalue weighted by Crippen LogP contribution is 2.35. The van der Waals surface area contributed by atoms with E-state index in [1.807, 2.05) is 43.3 Å². The van der Waals surface area contributed by atoms with E-state index in [0.717, 1.165) is 42.7 Å². The maximum Gasteiger partial charge on any atom is 0.267 e. The first-order valence-electron chi connectivity index (χ1n) is 13.1. The van der Waals surface area contributed by atoms with Crippen LogP contribution in [0.15, 0.2) is 52.3 Å². The summed E-state index contributed by atoms with van der Waals surface area (Å²) >= 11 is 6.84. The minimum Gasteiger partial charge on any atom is -0.497 e. The van der Waals surface area contributed by atoms with Crippen LogP contribution in [0.2, 0.25) is 0 Å². The number of carbonyl (C=O) groups is 1. The van der Waals surface area contributed by atoms with E-state index in [1.54, 1.807) is 28.7 Å². The Morgan fingerprint density at radius 1 is 1.18 bits per heavy atom. The van der Waals surface area contributed by atoms with E-state index in [-0.39, 0.29) is 11.5 Å². The van der Waals surface area contributed by atoms with Gasteiger partial charge in [-0.05, 0) is 74.4 Å². The van der Waals surface area contributed by atoms with E-state index in [0.29, 0.717) is 45.3 Å². The van der Waals surface area contributed by atoms with Gasteiger partial charge >= 0.3 is 0 Å². The molecule has 1 aromatic carbocycles. The number of anilines is 1. The summed E-state index contributed by atoms with van der Waals surface area (Å²) in [6.07, 6.45) is 8.39. The predicted octanol–water partition coefficient (Wildman–Crippen LogP) is 5.22. The molecule has 38 heavy (non-hydrogen) atoms. The Labute approximate surface area is 232 Å². The lowest BCUT2D eigenvalue weighted by Crippen LogP contribution is -2.41. The van der Waals surface area contributed by atoms with Gasteiger partial charge in [0.25, 0.3) is 11.5 Å². The highest BCUT2D eigenvalue weighted by molar-refractivity contribution is 8.26. The molecule has 198 valence electrons. The van der Waals surface area contributed by atoms with Gasteiger partial charge in [0.15, 0.2) is 0 Å². The highest BCUT2D eigenvalue weighted by atomic mass is 32.2. The summed E-state index contributed by atoms with van der Waals surface area (Å²) in [4.78, 5) is 36.7. The number of nitrogens with zero attached hydrogens (tertiary/aromatic N) is 4. The number of rotatable bonds is 7. The molecule has 0 saturated carbocycles. The van der Waals surface area contributed by atoms with Gasteiger partial charge in [-0.25, -0.2) is 4.98 Å². The van der Waals surface area contributed by atoms with Gasteiger partial charge in [0.1, 0.15) is 21.5 Å². The van der Waals surface area contributed by atoms with Gasteiger partial charge in [-0.3, -0.25) is 18.9 Å². The van der Waals surface area contributed by atoms with E-state index in [2.05, 4.69) is 11.8 Å². The average molecular weight is 549 g/mol. The smallest absolute Gasteiger partial charge is 0.267 e. The van der Waals surface area contributed by atoms with Gasteiger partial charge < -0.3 is 9.64 Å². The molecular formula is C29H32N4O3S2. The number of aromatic nitrogens is 2. The summed E-state index contributed by atoms with van der Waals surface area (Å²) in [7, 11) is 1.64. The number of hydrogen-bond donors (Lipinski definition) is 0. The van der Waals surface area contributed by atoms with Crippen LogP contribution in [-0.2, 0) is 11.2 Å². The van der Waals surface area contributed by atoms with Crippen molar-refractivity contribution in [2.75, 3.05) is 25.1 Å². The SMILES string of the molecule is CCC1CCCCN1c1nc2c(C)cccn2c(=O)c1C=C1SC(=S)N(CCc2ccc(OC)cc2)C1=O. The summed E-state index contributed by atoms with van der Waals surface area (Å²) in [5, 5.41) is 0. The van der Waals surface area contributed by atoms with Crippen molar-refractivity contribution in [2.24, 2.45) is 0 Å². The zero-order valence-electron chi connectivity index (χ0n) is 22.0. The molecule has 9 heteroatoms. The van der Waals surface area contributed by atoms with Crippen molar-refractivity contribution in [1.82, 2.24) is 14.3 Å². The zero-order valence-corrected chi connectivity index (χ0v) is 23.6. The monoisotopic (exact) mass is 548 g/mol. The Kier molecular flexibility index (Phi) is 7.85. The molecule has 1 amide bonds. The average Bonchev–Trinajstić information content (AvgIpc) is 3.21. The van der Waals surface area contributed by atoms with E-state index in [9.17, 15) is 9.59 Å². The van der Waals surface area contributed by atoms with Crippen LogP contribution >= 0.6 is 24.0 Å². The fourth-order valence-electron chi connectivity index (χ4n) is 5.21. The number of carbonyl (C=O) groups excluding carboxylic acids is 1. The summed E-state index contributed by atoms with van der Waals surface area (Å²) < 4.78 is 7.32. The van der Waals surface area contributed by atoms with Crippen molar-refractivity contribution in [3.05, 3.63) is 74.5 Å². The van der Waals surface area contributed by atoms with Crippen molar-refractivity contribution in [1.29, 1.82) is 0 Å². The number of methoxy groups -OCH3 is 1. The number of hydrogen-bond acceptors (Lipinski definition) is 7. The lowest BCUT2D eigenvalue weighted by Gasteiger charge is -2.37. The maximum absolute atomic E-state index is 13.8. The molecule has 0 N–H and O–H groups in total. The third-order valence-corrected chi connectivity index (χ3v) is 8.74. The molecule has 2 aliphatic heterocycles. The molecule has 5 rings (SSSR count). The molecule has 1 unspecified atom stereocenters. The number of pyridine rings is 1. The molecule has 4 heterocycles. The van der Waals surface area contributed by atoms with Crippen LogP contribution in [0.5, 0.6) is 5.75 Å². The molecule has 2 saturated heterocycles. The van der Waals surface area contributed by atoms with Crippen LogP contribution in [0.25, 0.3) is 11.7 Å². The summed E-state index contributed by atoms with van der Waals surface area (Å²) in [6.45, 7) is 5.46. The molecular weight excluding hydrogens is 516 g/mol. The van der Waals surface area contributed by atoms with Gasteiger partial charge in [0.2, 0.25) is 0 Å². The fourth-order valence-corrected chi connectivity index (χ4v) is 6.50. The number of ether oxygens (including phenoxy) is 1. The number of fused-ring (bicyclic) bond motifs is 1. The largest absolute Gasteiger partial charge is 0.497 e.